The average molecular weight is 489 g/mol. The van der Waals surface area contributed by atoms with Crippen LogP contribution in [0.15, 0.2) is 61.1 Å². The van der Waals surface area contributed by atoms with E-state index in [0.717, 1.165) is 47.5 Å². The first-order valence-corrected chi connectivity index (χ1v) is 9.81. The first-order chi connectivity index (χ1) is 16.6. The van der Waals surface area contributed by atoms with Crippen molar-refractivity contribution in [2.24, 2.45) is 0 Å². The molecule has 0 bridgehead atoms. The first-order valence-electron chi connectivity index (χ1n) is 9.81. The van der Waals surface area contributed by atoms with Crippen LogP contribution in [0.4, 0.5) is 26.3 Å². The summed E-state index contributed by atoms with van der Waals surface area (Å²) >= 11 is 0. The zero-order chi connectivity index (χ0) is 25.2. The highest BCUT2D eigenvalue weighted by atomic mass is 19.3. The van der Waals surface area contributed by atoms with Crippen LogP contribution < -0.4 is 0 Å². The Kier molecular flexibility index (Phi) is 6.27. The zero-order valence-electron chi connectivity index (χ0n) is 17.4. The van der Waals surface area contributed by atoms with Crippen LogP contribution in [0.3, 0.4) is 0 Å². The highest BCUT2D eigenvalue weighted by molar-refractivity contribution is 5.44. The highest BCUT2D eigenvalue weighted by Gasteiger charge is 2.57. The predicted octanol–water partition coefficient (Wildman–Crippen LogP) is 3.70. The number of halogens is 6. The number of rotatable bonds is 5. The molecule has 1 atom stereocenters. The molecule has 178 valence electrons. The number of hydrogen-bond acceptors (Lipinski definition) is 5. The van der Waals surface area contributed by atoms with Crippen molar-refractivity contribution < 1.29 is 31.4 Å². The lowest BCUT2D eigenvalue weighted by molar-refractivity contribution is -0.207. The van der Waals surface area contributed by atoms with Gasteiger partial charge in [0.15, 0.2) is 5.60 Å². The van der Waals surface area contributed by atoms with Gasteiger partial charge in [0.25, 0.3) is 0 Å². The second-order valence-electron chi connectivity index (χ2n) is 7.35. The quantitative estimate of drug-likeness (QED) is 0.342. The molecule has 0 spiro atoms. The smallest absolute Gasteiger partial charge is 0.323 e. The maximum Gasteiger partial charge on any atom is 0.323 e. The van der Waals surface area contributed by atoms with E-state index in [0.29, 0.717) is 18.2 Å². The van der Waals surface area contributed by atoms with Gasteiger partial charge < -0.3 is 5.11 Å². The van der Waals surface area contributed by atoms with E-state index in [1.807, 2.05) is 0 Å². The molecule has 0 amide bonds. The number of hydrogen-bond donors (Lipinski definition) is 1. The summed E-state index contributed by atoms with van der Waals surface area (Å²) in [5.74, 6) is -3.83. The van der Waals surface area contributed by atoms with E-state index in [9.17, 15) is 22.7 Å². The third kappa shape index (κ3) is 4.58. The van der Waals surface area contributed by atoms with Crippen molar-refractivity contribution >= 4 is 0 Å². The molecule has 0 radical (unpaired) electrons. The molecule has 35 heavy (non-hydrogen) atoms. The Morgan fingerprint density at radius 2 is 1.66 bits per heavy atom. The Morgan fingerprint density at radius 3 is 2.26 bits per heavy atom. The fraction of sp³-hybridized carbons (Fsp3) is 0.130. The normalized spacial score (nSPS) is 13.1. The number of tetrazole rings is 1. The molecule has 4 aromatic rings. The van der Waals surface area contributed by atoms with Gasteiger partial charge in [-0.05, 0) is 46.8 Å². The molecule has 12 heteroatoms. The van der Waals surface area contributed by atoms with Crippen molar-refractivity contribution in [1.82, 2.24) is 25.2 Å². The van der Waals surface area contributed by atoms with E-state index in [1.165, 1.54) is 0 Å². The van der Waals surface area contributed by atoms with Gasteiger partial charge in [0.2, 0.25) is 0 Å². The lowest BCUT2D eigenvalue weighted by atomic mass is 9.84. The van der Waals surface area contributed by atoms with Gasteiger partial charge in [-0.3, -0.25) is 4.98 Å². The van der Waals surface area contributed by atoms with Crippen molar-refractivity contribution in [3.8, 4) is 11.8 Å². The predicted molar refractivity (Wildman–Crippen MR) is 109 cm³/mol. The number of aromatic nitrogens is 5. The van der Waals surface area contributed by atoms with E-state index in [1.54, 1.807) is 0 Å². The largest absolute Gasteiger partial charge is 0.377 e. The molecule has 1 unspecified atom stereocenters. The van der Waals surface area contributed by atoms with Crippen LogP contribution in [0.5, 0.6) is 0 Å². The number of pyridine rings is 1. The van der Waals surface area contributed by atoms with Gasteiger partial charge in [-0.1, -0.05) is 17.9 Å². The summed E-state index contributed by atoms with van der Waals surface area (Å²) in [5.41, 5.74) is -5.68. The molecule has 0 saturated carbocycles. The first kappa shape index (κ1) is 23.9. The molecular weight excluding hydrogens is 476 g/mol. The van der Waals surface area contributed by atoms with Crippen LogP contribution in [0.25, 0.3) is 0 Å². The molecule has 6 nitrogen and oxygen atoms in total. The van der Waals surface area contributed by atoms with Gasteiger partial charge in [0.05, 0.1) is 12.1 Å². The molecule has 0 aliphatic rings. The van der Waals surface area contributed by atoms with Gasteiger partial charge >= 0.3 is 5.92 Å². The minimum absolute atomic E-state index is 0.0316. The van der Waals surface area contributed by atoms with Gasteiger partial charge in [-0.25, -0.2) is 22.2 Å². The molecule has 0 aliphatic carbocycles. The zero-order valence-corrected chi connectivity index (χ0v) is 17.4. The van der Waals surface area contributed by atoms with E-state index >= 15 is 8.78 Å². The lowest BCUT2D eigenvalue weighted by Gasteiger charge is -2.35. The molecule has 1 N–H and O–H groups in total. The van der Waals surface area contributed by atoms with Crippen molar-refractivity contribution in [2.45, 2.75) is 18.1 Å². The van der Waals surface area contributed by atoms with Crippen LogP contribution in [-0.4, -0.2) is 30.3 Å². The molecular formula is C23H13F6N5O. The van der Waals surface area contributed by atoms with Crippen LogP contribution >= 0.6 is 0 Å². The molecule has 0 fully saturated rings. The second kappa shape index (κ2) is 9.19. The van der Waals surface area contributed by atoms with Crippen molar-refractivity contribution in [3.63, 3.8) is 0 Å². The molecule has 2 aromatic heterocycles. The maximum atomic E-state index is 15.7. The van der Waals surface area contributed by atoms with Gasteiger partial charge in [0, 0.05) is 23.4 Å². The number of benzene rings is 2. The van der Waals surface area contributed by atoms with Gasteiger partial charge in [-0.15, -0.1) is 5.10 Å². The van der Waals surface area contributed by atoms with Crippen molar-refractivity contribution in [2.75, 3.05) is 0 Å². The van der Waals surface area contributed by atoms with Crippen LogP contribution in [0.2, 0.25) is 0 Å². The number of aliphatic hydroxyl groups is 1. The fourth-order valence-corrected chi connectivity index (χ4v) is 3.28. The minimum atomic E-state index is -4.25. The highest BCUT2D eigenvalue weighted by Crippen LogP contribution is 2.46. The lowest BCUT2D eigenvalue weighted by Crippen LogP contribution is -2.48. The summed E-state index contributed by atoms with van der Waals surface area (Å²) in [6.07, 6.45) is 1.82. The standard InChI is InChI=1S/C23H13F6N5O/c24-15-6-8-17(20(27)10-15)22(35,12-34-13-31-32-33-34)23(28,29)21-9-5-14(11-30-21)4-7-16-18(25)2-1-3-19(16)26/h1-3,5-6,8-11,13,35H,12H2. The second-order valence-corrected chi connectivity index (χ2v) is 7.35. The summed E-state index contributed by atoms with van der Waals surface area (Å²) in [4.78, 5) is 3.62. The van der Waals surface area contributed by atoms with Gasteiger partial charge in [0.1, 0.15) is 35.3 Å². The Hall–Kier alpha value is -4.24. The van der Waals surface area contributed by atoms with Crippen LogP contribution in [-0.2, 0) is 18.1 Å². The van der Waals surface area contributed by atoms with E-state index < -0.39 is 58.2 Å². The SMILES string of the molecule is OC(Cn1cnnn1)(c1ccc(F)cc1F)C(F)(F)c1ccc(C#Cc2c(F)cccc2F)cn1. The summed E-state index contributed by atoms with van der Waals surface area (Å²) in [5, 5.41) is 21.1. The van der Waals surface area contributed by atoms with Crippen molar-refractivity contribution in [1.29, 1.82) is 0 Å². The Bertz CT molecular complexity index is 1400. The summed E-state index contributed by atoms with van der Waals surface area (Å²) in [7, 11) is 0. The van der Waals surface area contributed by atoms with Crippen LogP contribution in [0, 0.1) is 35.1 Å². The molecule has 0 saturated heterocycles. The molecule has 2 aromatic carbocycles. The monoisotopic (exact) mass is 489 g/mol. The molecule has 0 aliphatic heterocycles. The van der Waals surface area contributed by atoms with E-state index in [-0.39, 0.29) is 5.56 Å². The van der Waals surface area contributed by atoms with Gasteiger partial charge in [-0.2, -0.15) is 8.78 Å². The average Bonchev–Trinajstić information content (AvgIpc) is 3.31. The summed E-state index contributed by atoms with van der Waals surface area (Å²) in [6, 6.07) is 6.83. The third-order valence-electron chi connectivity index (χ3n) is 5.06. The number of nitrogens with zero attached hydrogens (tertiary/aromatic N) is 5. The summed E-state index contributed by atoms with van der Waals surface area (Å²) < 4.78 is 87.4. The summed E-state index contributed by atoms with van der Waals surface area (Å²) in [6.45, 7) is -1.01. The number of alkyl halides is 2. The Morgan fingerprint density at radius 1 is 0.914 bits per heavy atom. The topological polar surface area (TPSA) is 76.7 Å². The fourth-order valence-electron chi connectivity index (χ4n) is 3.28. The Labute approximate surface area is 193 Å². The van der Waals surface area contributed by atoms with E-state index in [4.69, 9.17) is 0 Å². The molecule has 4 rings (SSSR count). The van der Waals surface area contributed by atoms with Crippen LogP contribution in [0.1, 0.15) is 22.4 Å². The minimum Gasteiger partial charge on any atom is -0.377 e. The third-order valence-corrected chi connectivity index (χ3v) is 5.06. The van der Waals surface area contributed by atoms with E-state index in [2.05, 4.69) is 32.4 Å². The van der Waals surface area contributed by atoms with Crippen molar-refractivity contribution in [3.05, 3.63) is 107 Å². The Balaban J connectivity index is 1.73. The molecule has 2 heterocycles. The maximum absolute atomic E-state index is 15.7.